The Labute approximate surface area is 75.1 Å². The van der Waals surface area contributed by atoms with Crippen molar-refractivity contribution in [2.24, 2.45) is 0 Å². The molecular formula is C11H17N. The smallest absolute Gasteiger partial charge is 0.0356 e. The molecule has 1 heterocycles. The lowest BCUT2D eigenvalue weighted by atomic mass is 10.1. The highest BCUT2D eigenvalue weighted by molar-refractivity contribution is 5.20. The molecule has 0 aromatic heterocycles. The molecule has 0 N–H and O–H groups in total. The molecule has 1 nitrogen and oxygen atoms in total. The van der Waals surface area contributed by atoms with E-state index in [1.165, 1.54) is 5.57 Å². The van der Waals surface area contributed by atoms with Crippen LogP contribution in [-0.4, -0.2) is 18.5 Å². The SMILES string of the molecule is C=C1/C=C(\C)CC/C=C\CN1C. The minimum atomic E-state index is 0.975. The van der Waals surface area contributed by atoms with Gasteiger partial charge in [-0.1, -0.05) is 24.3 Å². The highest BCUT2D eigenvalue weighted by Gasteiger charge is 1.99. The molecule has 0 saturated carbocycles. The van der Waals surface area contributed by atoms with Crippen LogP contribution in [0.15, 0.2) is 36.1 Å². The van der Waals surface area contributed by atoms with Gasteiger partial charge in [0.05, 0.1) is 0 Å². The average Bonchev–Trinajstić information content (AvgIpc) is 2.07. The van der Waals surface area contributed by atoms with Gasteiger partial charge in [-0.3, -0.25) is 0 Å². The highest BCUT2D eigenvalue weighted by atomic mass is 15.1. The third-order valence-corrected chi connectivity index (χ3v) is 2.15. The number of nitrogens with zero attached hydrogens (tertiary/aromatic N) is 1. The summed E-state index contributed by atoms with van der Waals surface area (Å²) < 4.78 is 0. The first kappa shape index (κ1) is 9.11. The fourth-order valence-corrected chi connectivity index (χ4v) is 1.25. The van der Waals surface area contributed by atoms with E-state index in [2.05, 4.69) is 43.7 Å². The van der Waals surface area contributed by atoms with Gasteiger partial charge in [-0.2, -0.15) is 0 Å². The van der Waals surface area contributed by atoms with Crippen molar-refractivity contribution in [2.75, 3.05) is 13.6 Å². The normalized spacial score (nSPS) is 26.7. The summed E-state index contributed by atoms with van der Waals surface area (Å²) in [6.45, 7) is 7.14. The minimum Gasteiger partial charge on any atom is -0.371 e. The number of likely N-dealkylation sites (N-methyl/N-ethyl adjacent to an activating group) is 1. The average molecular weight is 163 g/mol. The summed E-state index contributed by atoms with van der Waals surface area (Å²) in [6, 6.07) is 0. The topological polar surface area (TPSA) is 3.24 Å². The maximum absolute atomic E-state index is 4.00. The quantitative estimate of drug-likeness (QED) is 0.496. The summed E-state index contributed by atoms with van der Waals surface area (Å²) >= 11 is 0. The summed E-state index contributed by atoms with van der Waals surface area (Å²) in [4.78, 5) is 2.16. The van der Waals surface area contributed by atoms with E-state index in [1.807, 2.05) is 0 Å². The first-order valence-corrected chi connectivity index (χ1v) is 4.42. The zero-order valence-corrected chi connectivity index (χ0v) is 8.01. The molecule has 0 aromatic carbocycles. The third kappa shape index (κ3) is 2.57. The Morgan fingerprint density at radius 3 is 2.92 bits per heavy atom. The Balaban J connectivity index is 2.73. The number of allylic oxidation sites excluding steroid dienone is 3. The summed E-state index contributed by atoms with van der Waals surface area (Å²) in [5, 5.41) is 0. The molecule has 66 valence electrons. The molecule has 0 aromatic rings. The lowest BCUT2D eigenvalue weighted by Crippen LogP contribution is -2.15. The number of hydrogen-bond acceptors (Lipinski definition) is 1. The summed E-state index contributed by atoms with van der Waals surface area (Å²) in [6.07, 6.45) is 8.93. The molecule has 0 fully saturated rings. The van der Waals surface area contributed by atoms with Crippen molar-refractivity contribution in [3.63, 3.8) is 0 Å². The van der Waals surface area contributed by atoms with E-state index in [0.29, 0.717) is 0 Å². The van der Waals surface area contributed by atoms with E-state index < -0.39 is 0 Å². The minimum absolute atomic E-state index is 0.975. The van der Waals surface area contributed by atoms with Crippen LogP contribution in [0.3, 0.4) is 0 Å². The molecule has 12 heavy (non-hydrogen) atoms. The Hall–Kier alpha value is -0.980. The predicted octanol–water partition coefficient (Wildman–Crippen LogP) is 2.73. The molecule has 0 radical (unpaired) electrons. The predicted molar refractivity (Wildman–Crippen MR) is 53.9 cm³/mol. The maximum Gasteiger partial charge on any atom is 0.0356 e. The van der Waals surface area contributed by atoms with Crippen LogP contribution in [0.2, 0.25) is 0 Å². The lowest BCUT2D eigenvalue weighted by Gasteiger charge is -2.16. The Kier molecular flexibility index (Phi) is 3.15. The second-order valence-corrected chi connectivity index (χ2v) is 3.37. The maximum atomic E-state index is 4.00. The summed E-state index contributed by atoms with van der Waals surface area (Å²) in [5.74, 6) is 0. The van der Waals surface area contributed by atoms with Gasteiger partial charge in [0.2, 0.25) is 0 Å². The second-order valence-electron chi connectivity index (χ2n) is 3.37. The van der Waals surface area contributed by atoms with Crippen LogP contribution >= 0.6 is 0 Å². The van der Waals surface area contributed by atoms with Gasteiger partial charge < -0.3 is 4.90 Å². The van der Waals surface area contributed by atoms with Gasteiger partial charge in [-0.05, 0) is 25.8 Å². The summed E-state index contributed by atoms with van der Waals surface area (Å²) in [5.41, 5.74) is 2.53. The first-order chi connectivity index (χ1) is 5.70. The molecule has 0 atom stereocenters. The summed E-state index contributed by atoms with van der Waals surface area (Å²) in [7, 11) is 2.07. The van der Waals surface area contributed by atoms with Gasteiger partial charge in [0.15, 0.2) is 0 Å². The third-order valence-electron chi connectivity index (χ3n) is 2.15. The van der Waals surface area contributed by atoms with E-state index in [9.17, 15) is 0 Å². The van der Waals surface area contributed by atoms with E-state index in [-0.39, 0.29) is 0 Å². The molecule has 1 rings (SSSR count). The Morgan fingerprint density at radius 2 is 2.17 bits per heavy atom. The number of rotatable bonds is 0. The fourth-order valence-electron chi connectivity index (χ4n) is 1.25. The molecule has 0 spiro atoms. The fraction of sp³-hybridized carbons (Fsp3) is 0.455. The molecular weight excluding hydrogens is 146 g/mol. The van der Waals surface area contributed by atoms with E-state index in [0.717, 1.165) is 25.1 Å². The molecule has 1 aliphatic rings. The zero-order chi connectivity index (χ0) is 8.97. The molecule has 0 aliphatic carbocycles. The molecule has 0 unspecified atom stereocenters. The van der Waals surface area contributed by atoms with Crippen molar-refractivity contribution in [1.82, 2.24) is 4.90 Å². The van der Waals surface area contributed by atoms with Gasteiger partial charge in [0.25, 0.3) is 0 Å². The monoisotopic (exact) mass is 163 g/mol. The highest BCUT2D eigenvalue weighted by Crippen LogP contribution is 2.12. The molecule has 1 heteroatoms. The van der Waals surface area contributed by atoms with Crippen molar-refractivity contribution < 1.29 is 0 Å². The Morgan fingerprint density at radius 1 is 1.42 bits per heavy atom. The van der Waals surface area contributed by atoms with Gasteiger partial charge in [0.1, 0.15) is 0 Å². The van der Waals surface area contributed by atoms with E-state index in [4.69, 9.17) is 0 Å². The zero-order valence-electron chi connectivity index (χ0n) is 8.01. The van der Waals surface area contributed by atoms with Crippen LogP contribution in [0.5, 0.6) is 0 Å². The van der Waals surface area contributed by atoms with Gasteiger partial charge in [0, 0.05) is 19.3 Å². The van der Waals surface area contributed by atoms with Crippen LogP contribution < -0.4 is 0 Å². The van der Waals surface area contributed by atoms with Gasteiger partial charge in [-0.15, -0.1) is 0 Å². The van der Waals surface area contributed by atoms with Crippen molar-refractivity contribution in [3.8, 4) is 0 Å². The van der Waals surface area contributed by atoms with E-state index in [1.54, 1.807) is 0 Å². The Bertz CT molecular complexity index is 223. The van der Waals surface area contributed by atoms with Crippen molar-refractivity contribution >= 4 is 0 Å². The van der Waals surface area contributed by atoms with Crippen molar-refractivity contribution in [3.05, 3.63) is 36.1 Å². The van der Waals surface area contributed by atoms with Crippen LogP contribution in [0.4, 0.5) is 0 Å². The lowest BCUT2D eigenvalue weighted by molar-refractivity contribution is 0.481. The largest absolute Gasteiger partial charge is 0.371 e. The van der Waals surface area contributed by atoms with E-state index >= 15 is 0 Å². The van der Waals surface area contributed by atoms with Crippen LogP contribution in [0.1, 0.15) is 19.8 Å². The van der Waals surface area contributed by atoms with Crippen molar-refractivity contribution in [2.45, 2.75) is 19.8 Å². The first-order valence-electron chi connectivity index (χ1n) is 4.42. The molecule has 0 amide bonds. The molecule has 1 aliphatic heterocycles. The van der Waals surface area contributed by atoms with Crippen molar-refractivity contribution in [1.29, 1.82) is 0 Å². The van der Waals surface area contributed by atoms with Crippen LogP contribution in [0.25, 0.3) is 0 Å². The second kappa shape index (κ2) is 4.15. The van der Waals surface area contributed by atoms with Gasteiger partial charge in [-0.25, -0.2) is 0 Å². The number of hydrogen-bond donors (Lipinski definition) is 0. The molecule has 0 saturated heterocycles. The standard InChI is InChI=1S/C11H17N/c1-10-7-5-4-6-8-12(3)11(2)9-10/h4,6,9H,2,5,7-8H2,1,3H3/b6-4-,10-9+. The van der Waals surface area contributed by atoms with Crippen LogP contribution in [0, 0.1) is 0 Å². The van der Waals surface area contributed by atoms with Gasteiger partial charge >= 0.3 is 0 Å². The van der Waals surface area contributed by atoms with Crippen LogP contribution in [-0.2, 0) is 0 Å². The molecule has 0 bridgehead atoms.